The highest BCUT2D eigenvalue weighted by molar-refractivity contribution is 8.01. The van der Waals surface area contributed by atoms with Crippen molar-refractivity contribution in [3.8, 4) is 0 Å². The Hall–Kier alpha value is -1.32. The molecule has 0 unspecified atom stereocenters. The minimum atomic E-state index is 1.10. The second-order valence-electron chi connectivity index (χ2n) is 4.37. The van der Waals surface area contributed by atoms with Crippen LogP contribution < -0.4 is 0 Å². The molecule has 0 saturated carbocycles. The Morgan fingerprint density at radius 2 is 1.67 bits per heavy atom. The lowest BCUT2D eigenvalue weighted by Gasteiger charge is -1.97. The van der Waals surface area contributed by atoms with Gasteiger partial charge >= 0.3 is 0 Å². The lowest BCUT2D eigenvalue weighted by Crippen LogP contribution is -1.74. The van der Waals surface area contributed by atoms with Crippen LogP contribution in [0.4, 0.5) is 0 Å². The average molecular weight is 271 g/mol. The van der Waals surface area contributed by atoms with Crippen molar-refractivity contribution >= 4 is 33.3 Å². The zero-order valence-corrected chi connectivity index (χ0v) is 11.9. The van der Waals surface area contributed by atoms with Crippen molar-refractivity contribution in [2.24, 2.45) is 0 Å². The molecule has 1 aromatic heterocycles. The molecule has 90 valence electrons. The molecule has 3 heteroatoms. The van der Waals surface area contributed by atoms with Crippen molar-refractivity contribution in [1.82, 2.24) is 4.98 Å². The molecule has 0 amide bonds. The highest BCUT2D eigenvalue weighted by Gasteiger charge is 2.05. The summed E-state index contributed by atoms with van der Waals surface area (Å²) in [5, 5.41) is 0. The number of benzene rings is 2. The van der Waals surface area contributed by atoms with Gasteiger partial charge in [-0.25, -0.2) is 4.98 Å². The molecule has 1 heterocycles. The van der Waals surface area contributed by atoms with Gasteiger partial charge < -0.3 is 0 Å². The number of rotatable bonds is 2. The van der Waals surface area contributed by atoms with E-state index in [0.717, 1.165) is 9.86 Å². The van der Waals surface area contributed by atoms with Gasteiger partial charge in [0.25, 0.3) is 0 Å². The highest BCUT2D eigenvalue weighted by Crippen LogP contribution is 2.34. The molecule has 0 aliphatic rings. The smallest absolute Gasteiger partial charge is 0.155 e. The van der Waals surface area contributed by atoms with Crippen LogP contribution >= 0.6 is 23.1 Å². The van der Waals surface area contributed by atoms with Gasteiger partial charge in [0.1, 0.15) is 0 Å². The summed E-state index contributed by atoms with van der Waals surface area (Å²) in [7, 11) is 0. The molecule has 18 heavy (non-hydrogen) atoms. The SMILES string of the molecule is Cc1ccc(Sc2nc3ccc(C)cc3s2)cc1. The molecule has 0 spiro atoms. The van der Waals surface area contributed by atoms with Crippen molar-refractivity contribution in [1.29, 1.82) is 0 Å². The Bertz CT molecular complexity index is 683. The maximum atomic E-state index is 4.65. The maximum Gasteiger partial charge on any atom is 0.155 e. The van der Waals surface area contributed by atoms with E-state index in [-0.39, 0.29) is 0 Å². The molecular formula is C15H13NS2. The van der Waals surface area contributed by atoms with E-state index in [9.17, 15) is 0 Å². The number of fused-ring (bicyclic) bond motifs is 1. The molecule has 2 aromatic carbocycles. The van der Waals surface area contributed by atoms with Gasteiger partial charge in [-0.15, -0.1) is 11.3 Å². The number of hydrogen-bond acceptors (Lipinski definition) is 3. The first-order chi connectivity index (χ1) is 8.70. The van der Waals surface area contributed by atoms with Gasteiger partial charge in [-0.1, -0.05) is 35.5 Å². The molecule has 0 atom stereocenters. The molecular weight excluding hydrogens is 258 g/mol. The standard InChI is InChI=1S/C15H13NS2/c1-10-3-6-12(7-4-10)17-15-16-13-8-5-11(2)9-14(13)18-15/h3-9H,1-2H3. The minimum Gasteiger partial charge on any atom is -0.229 e. The van der Waals surface area contributed by atoms with Gasteiger partial charge in [-0.05, 0) is 43.7 Å². The summed E-state index contributed by atoms with van der Waals surface area (Å²) in [6.07, 6.45) is 0. The highest BCUT2D eigenvalue weighted by atomic mass is 32.2. The predicted octanol–water partition coefficient (Wildman–Crippen LogP) is 5.06. The van der Waals surface area contributed by atoms with E-state index in [0.29, 0.717) is 0 Å². The molecule has 0 aliphatic carbocycles. The summed E-state index contributed by atoms with van der Waals surface area (Å²) in [6, 6.07) is 15.0. The second kappa shape index (κ2) is 4.75. The van der Waals surface area contributed by atoms with Crippen LogP contribution in [0, 0.1) is 13.8 Å². The van der Waals surface area contributed by atoms with Crippen molar-refractivity contribution in [3.63, 3.8) is 0 Å². The van der Waals surface area contributed by atoms with Crippen molar-refractivity contribution in [3.05, 3.63) is 53.6 Å². The topological polar surface area (TPSA) is 12.9 Å². The van der Waals surface area contributed by atoms with Crippen molar-refractivity contribution in [2.45, 2.75) is 23.1 Å². The van der Waals surface area contributed by atoms with E-state index >= 15 is 0 Å². The van der Waals surface area contributed by atoms with Gasteiger partial charge in [0.05, 0.1) is 10.2 Å². The Kier molecular flexibility index (Phi) is 3.10. The van der Waals surface area contributed by atoms with Crippen LogP contribution in [0.25, 0.3) is 10.2 Å². The van der Waals surface area contributed by atoms with Gasteiger partial charge in [0.15, 0.2) is 4.34 Å². The van der Waals surface area contributed by atoms with E-state index < -0.39 is 0 Å². The van der Waals surface area contributed by atoms with Crippen LogP contribution in [0.1, 0.15) is 11.1 Å². The maximum absolute atomic E-state index is 4.65. The van der Waals surface area contributed by atoms with E-state index in [1.807, 2.05) is 0 Å². The molecule has 0 aliphatic heterocycles. The molecule has 0 radical (unpaired) electrons. The Morgan fingerprint density at radius 3 is 2.44 bits per heavy atom. The number of aryl methyl sites for hydroxylation is 2. The number of nitrogens with zero attached hydrogens (tertiary/aromatic N) is 1. The third kappa shape index (κ3) is 2.42. The summed E-state index contributed by atoms with van der Waals surface area (Å²) < 4.78 is 2.38. The molecule has 0 fully saturated rings. The molecule has 3 aromatic rings. The van der Waals surface area contributed by atoms with Crippen LogP contribution in [0.15, 0.2) is 51.7 Å². The van der Waals surface area contributed by atoms with Crippen LogP contribution in [0.3, 0.4) is 0 Å². The van der Waals surface area contributed by atoms with Gasteiger partial charge in [0.2, 0.25) is 0 Å². The van der Waals surface area contributed by atoms with E-state index in [4.69, 9.17) is 0 Å². The van der Waals surface area contributed by atoms with Gasteiger partial charge in [0, 0.05) is 4.90 Å². The summed E-state index contributed by atoms with van der Waals surface area (Å²) in [6.45, 7) is 4.22. The largest absolute Gasteiger partial charge is 0.229 e. The van der Waals surface area contributed by atoms with Crippen molar-refractivity contribution < 1.29 is 0 Å². The zero-order valence-electron chi connectivity index (χ0n) is 10.3. The van der Waals surface area contributed by atoms with Crippen LogP contribution in [-0.4, -0.2) is 4.98 Å². The predicted molar refractivity (Wildman–Crippen MR) is 79.7 cm³/mol. The van der Waals surface area contributed by atoms with Crippen LogP contribution in [0.5, 0.6) is 0 Å². The first-order valence-corrected chi connectivity index (χ1v) is 7.46. The molecule has 0 N–H and O–H groups in total. The fraction of sp³-hybridized carbons (Fsp3) is 0.133. The Balaban J connectivity index is 1.92. The summed E-state index contributed by atoms with van der Waals surface area (Å²) in [4.78, 5) is 5.90. The third-order valence-electron chi connectivity index (χ3n) is 2.75. The zero-order chi connectivity index (χ0) is 12.5. The molecule has 1 nitrogen and oxygen atoms in total. The fourth-order valence-corrected chi connectivity index (χ4v) is 3.90. The quantitative estimate of drug-likeness (QED) is 0.646. The van der Waals surface area contributed by atoms with Gasteiger partial charge in [-0.2, -0.15) is 0 Å². The summed E-state index contributed by atoms with van der Waals surface area (Å²) >= 11 is 3.50. The average Bonchev–Trinajstić information content (AvgIpc) is 2.73. The van der Waals surface area contributed by atoms with E-state index in [1.54, 1.807) is 23.1 Å². The first kappa shape index (κ1) is 11.8. The number of aromatic nitrogens is 1. The van der Waals surface area contributed by atoms with E-state index in [2.05, 4.69) is 61.3 Å². The molecule has 3 rings (SSSR count). The lowest BCUT2D eigenvalue weighted by molar-refractivity contribution is 1.29. The monoisotopic (exact) mass is 271 g/mol. The van der Waals surface area contributed by atoms with Gasteiger partial charge in [-0.3, -0.25) is 0 Å². The fourth-order valence-electron chi connectivity index (χ4n) is 1.76. The summed E-state index contributed by atoms with van der Waals surface area (Å²) in [5.74, 6) is 0. The normalized spacial score (nSPS) is 11.0. The Labute approximate surface area is 115 Å². The molecule has 0 saturated heterocycles. The Morgan fingerprint density at radius 1 is 0.944 bits per heavy atom. The number of thiazole rings is 1. The third-order valence-corrected chi connectivity index (χ3v) is 4.84. The van der Waals surface area contributed by atoms with Crippen molar-refractivity contribution in [2.75, 3.05) is 0 Å². The second-order valence-corrected chi connectivity index (χ2v) is 6.72. The van der Waals surface area contributed by atoms with Crippen LogP contribution in [0.2, 0.25) is 0 Å². The van der Waals surface area contributed by atoms with Crippen LogP contribution in [-0.2, 0) is 0 Å². The summed E-state index contributed by atoms with van der Waals surface area (Å²) in [5.41, 5.74) is 3.68. The first-order valence-electron chi connectivity index (χ1n) is 5.82. The minimum absolute atomic E-state index is 1.10. The van der Waals surface area contributed by atoms with E-state index in [1.165, 1.54) is 20.7 Å². The number of hydrogen-bond donors (Lipinski definition) is 0. The lowest BCUT2D eigenvalue weighted by atomic mass is 10.2. The molecule has 0 bridgehead atoms.